The first-order chi connectivity index (χ1) is 8.95. The second-order valence-electron chi connectivity index (χ2n) is 4.58. The van der Waals surface area contributed by atoms with Gasteiger partial charge in [0.25, 0.3) is 0 Å². The molecule has 0 saturated heterocycles. The standard InChI is InChI=1S/C15H17NO2S/c1-4-14-9-10-16(11-13(14)3)19(17,18)15-7-5-12(2)6-8-15/h4-9H,1,3,10-11H2,2H3. The summed E-state index contributed by atoms with van der Waals surface area (Å²) >= 11 is 0. The molecule has 1 aliphatic rings. The summed E-state index contributed by atoms with van der Waals surface area (Å²) in [6, 6.07) is 6.88. The van der Waals surface area contributed by atoms with Gasteiger partial charge in [-0.2, -0.15) is 4.31 Å². The van der Waals surface area contributed by atoms with Gasteiger partial charge in [-0.1, -0.05) is 43.0 Å². The van der Waals surface area contributed by atoms with Crippen molar-refractivity contribution in [2.45, 2.75) is 11.8 Å². The first kappa shape index (κ1) is 13.8. The van der Waals surface area contributed by atoms with E-state index in [1.807, 2.05) is 13.0 Å². The molecule has 3 nitrogen and oxygen atoms in total. The van der Waals surface area contributed by atoms with Gasteiger partial charge in [-0.15, -0.1) is 0 Å². The van der Waals surface area contributed by atoms with E-state index in [4.69, 9.17) is 0 Å². The first-order valence-electron chi connectivity index (χ1n) is 6.02. The number of rotatable bonds is 3. The highest BCUT2D eigenvalue weighted by atomic mass is 32.2. The van der Waals surface area contributed by atoms with Crippen LogP contribution in [0.1, 0.15) is 5.56 Å². The van der Waals surface area contributed by atoms with Gasteiger partial charge in [0, 0.05) is 13.1 Å². The summed E-state index contributed by atoms with van der Waals surface area (Å²) in [5.74, 6) is 0. The van der Waals surface area contributed by atoms with Gasteiger partial charge < -0.3 is 0 Å². The molecule has 0 saturated carbocycles. The predicted octanol–water partition coefficient (Wildman–Crippen LogP) is 2.67. The summed E-state index contributed by atoms with van der Waals surface area (Å²) in [5.41, 5.74) is 2.74. The van der Waals surface area contributed by atoms with E-state index in [1.54, 1.807) is 30.3 Å². The first-order valence-corrected chi connectivity index (χ1v) is 7.46. The molecule has 1 aromatic carbocycles. The van der Waals surface area contributed by atoms with Crippen molar-refractivity contribution in [1.82, 2.24) is 4.31 Å². The Morgan fingerprint density at radius 3 is 2.42 bits per heavy atom. The van der Waals surface area contributed by atoms with Crippen LogP contribution in [-0.4, -0.2) is 25.8 Å². The highest BCUT2D eigenvalue weighted by Crippen LogP contribution is 2.23. The average molecular weight is 275 g/mol. The van der Waals surface area contributed by atoms with Crippen LogP contribution in [0.15, 0.2) is 65.6 Å². The van der Waals surface area contributed by atoms with Crippen LogP contribution in [0.2, 0.25) is 0 Å². The molecule has 0 spiro atoms. The van der Waals surface area contributed by atoms with Gasteiger partial charge in [0.1, 0.15) is 0 Å². The Hall–Kier alpha value is -1.65. The molecule has 0 atom stereocenters. The maximum atomic E-state index is 12.5. The van der Waals surface area contributed by atoms with Crippen molar-refractivity contribution >= 4 is 10.0 Å². The summed E-state index contributed by atoms with van der Waals surface area (Å²) in [7, 11) is -3.45. The minimum absolute atomic E-state index is 0.314. The molecular formula is C15H17NO2S. The summed E-state index contributed by atoms with van der Waals surface area (Å²) in [5, 5.41) is 0. The van der Waals surface area contributed by atoms with E-state index in [2.05, 4.69) is 13.2 Å². The number of hydrogen-bond donors (Lipinski definition) is 0. The number of benzene rings is 1. The van der Waals surface area contributed by atoms with Crippen molar-refractivity contribution in [3.8, 4) is 0 Å². The Bertz CT molecular complexity index is 639. The normalized spacial score (nSPS) is 17.1. The Balaban J connectivity index is 2.32. The van der Waals surface area contributed by atoms with Crippen molar-refractivity contribution in [3.63, 3.8) is 0 Å². The third-order valence-corrected chi connectivity index (χ3v) is 4.99. The molecule has 1 aromatic rings. The molecule has 0 aromatic heterocycles. The quantitative estimate of drug-likeness (QED) is 0.850. The lowest BCUT2D eigenvalue weighted by Gasteiger charge is -2.26. The van der Waals surface area contributed by atoms with E-state index >= 15 is 0 Å². The molecule has 0 bridgehead atoms. The number of nitrogens with zero attached hydrogens (tertiary/aromatic N) is 1. The monoisotopic (exact) mass is 275 g/mol. The van der Waals surface area contributed by atoms with Crippen molar-refractivity contribution in [3.05, 3.63) is 66.3 Å². The zero-order valence-electron chi connectivity index (χ0n) is 11.0. The largest absolute Gasteiger partial charge is 0.243 e. The minimum atomic E-state index is -3.45. The lowest BCUT2D eigenvalue weighted by atomic mass is 10.1. The second-order valence-corrected chi connectivity index (χ2v) is 6.52. The Labute approximate surface area is 114 Å². The van der Waals surface area contributed by atoms with Gasteiger partial charge in [0.2, 0.25) is 10.0 Å². The molecule has 0 fully saturated rings. The number of hydrogen-bond acceptors (Lipinski definition) is 2. The van der Waals surface area contributed by atoms with Gasteiger partial charge in [-0.05, 0) is 30.2 Å². The smallest absolute Gasteiger partial charge is 0.207 e. The number of allylic oxidation sites excluding steroid dienone is 1. The molecule has 4 heteroatoms. The molecule has 0 N–H and O–H groups in total. The molecule has 19 heavy (non-hydrogen) atoms. The molecule has 1 heterocycles. The van der Waals surface area contributed by atoms with Crippen LogP contribution in [0.5, 0.6) is 0 Å². The van der Waals surface area contributed by atoms with Crippen LogP contribution in [0.3, 0.4) is 0 Å². The van der Waals surface area contributed by atoms with E-state index in [9.17, 15) is 8.42 Å². The van der Waals surface area contributed by atoms with Crippen LogP contribution in [0, 0.1) is 6.92 Å². The van der Waals surface area contributed by atoms with Crippen LogP contribution >= 0.6 is 0 Å². The molecule has 2 rings (SSSR count). The maximum absolute atomic E-state index is 12.5. The Kier molecular flexibility index (Phi) is 3.73. The van der Waals surface area contributed by atoms with Gasteiger partial charge in [-0.25, -0.2) is 8.42 Å². The fourth-order valence-electron chi connectivity index (χ4n) is 1.98. The number of sulfonamides is 1. The molecule has 100 valence electrons. The van der Waals surface area contributed by atoms with Gasteiger partial charge in [0.05, 0.1) is 4.90 Å². The highest BCUT2D eigenvalue weighted by molar-refractivity contribution is 7.89. The Morgan fingerprint density at radius 1 is 1.26 bits per heavy atom. The van der Waals surface area contributed by atoms with Crippen molar-refractivity contribution < 1.29 is 8.42 Å². The predicted molar refractivity (Wildman–Crippen MR) is 77.4 cm³/mol. The minimum Gasteiger partial charge on any atom is -0.207 e. The van der Waals surface area contributed by atoms with Gasteiger partial charge >= 0.3 is 0 Å². The van der Waals surface area contributed by atoms with Crippen LogP contribution < -0.4 is 0 Å². The highest BCUT2D eigenvalue weighted by Gasteiger charge is 2.26. The average Bonchev–Trinajstić information content (AvgIpc) is 2.39. The fourth-order valence-corrected chi connectivity index (χ4v) is 3.36. The van der Waals surface area contributed by atoms with Gasteiger partial charge in [0.15, 0.2) is 0 Å². The summed E-state index contributed by atoms with van der Waals surface area (Å²) in [4.78, 5) is 0.321. The van der Waals surface area contributed by atoms with Crippen LogP contribution in [0.25, 0.3) is 0 Å². The molecule has 0 radical (unpaired) electrons. The summed E-state index contributed by atoms with van der Waals surface area (Å²) in [6.45, 7) is 10.2. The molecule has 0 aliphatic carbocycles. The van der Waals surface area contributed by atoms with Crippen molar-refractivity contribution in [2.75, 3.05) is 13.1 Å². The molecular weight excluding hydrogens is 258 g/mol. The van der Waals surface area contributed by atoms with E-state index < -0.39 is 10.0 Å². The van der Waals surface area contributed by atoms with Gasteiger partial charge in [-0.3, -0.25) is 0 Å². The number of aryl methyl sites for hydroxylation is 1. The topological polar surface area (TPSA) is 37.4 Å². The second kappa shape index (κ2) is 5.15. The van der Waals surface area contributed by atoms with Crippen LogP contribution in [-0.2, 0) is 10.0 Å². The lowest BCUT2D eigenvalue weighted by Crippen LogP contribution is -2.35. The Morgan fingerprint density at radius 2 is 1.89 bits per heavy atom. The molecule has 1 aliphatic heterocycles. The lowest BCUT2D eigenvalue weighted by molar-refractivity contribution is 0.461. The molecule has 0 unspecified atom stereocenters. The van der Waals surface area contributed by atoms with E-state index in [0.29, 0.717) is 18.0 Å². The van der Waals surface area contributed by atoms with E-state index in [-0.39, 0.29) is 0 Å². The zero-order valence-corrected chi connectivity index (χ0v) is 11.8. The zero-order chi connectivity index (χ0) is 14.0. The third kappa shape index (κ3) is 2.69. The summed E-state index contributed by atoms with van der Waals surface area (Å²) < 4.78 is 26.4. The van der Waals surface area contributed by atoms with Crippen molar-refractivity contribution in [1.29, 1.82) is 0 Å². The maximum Gasteiger partial charge on any atom is 0.243 e. The van der Waals surface area contributed by atoms with Crippen LogP contribution in [0.4, 0.5) is 0 Å². The van der Waals surface area contributed by atoms with E-state index in [1.165, 1.54) is 4.31 Å². The third-order valence-electron chi connectivity index (χ3n) is 3.17. The van der Waals surface area contributed by atoms with E-state index in [0.717, 1.165) is 16.7 Å². The van der Waals surface area contributed by atoms with Crippen molar-refractivity contribution in [2.24, 2.45) is 0 Å². The summed E-state index contributed by atoms with van der Waals surface area (Å²) in [6.07, 6.45) is 3.54. The SMILES string of the molecule is C=CC1=CCN(S(=O)(=O)c2ccc(C)cc2)CC1=C. The fraction of sp³-hybridized carbons (Fsp3) is 0.200. The molecule has 0 amide bonds.